The van der Waals surface area contributed by atoms with Gasteiger partial charge in [-0.05, 0) is 23.3 Å². The molecule has 0 bridgehead atoms. The molecule has 0 aromatic heterocycles. The average Bonchev–Trinajstić information content (AvgIpc) is 2.47. The van der Waals surface area contributed by atoms with Crippen molar-refractivity contribution in [2.45, 2.75) is 12.6 Å². The Labute approximate surface area is 126 Å². The van der Waals surface area contributed by atoms with Crippen LogP contribution < -0.4 is 5.32 Å². The first kappa shape index (κ1) is 15.8. The zero-order valence-corrected chi connectivity index (χ0v) is 11.6. The van der Waals surface area contributed by atoms with Crippen LogP contribution in [0.5, 0.6) is 0 Å². The molecule has 0 aliphatic carbocycles. The van der Waals surface area contributed by atoms with Crippen LogP contribution in [0, 0.1) is 0 Å². The predicted octanol–water partition coefficient (Wildman–Crippen LogP) is 4.44. The molecule has 1 N–H and O–H groups in total. The maximum atomic E-state index is 12.5. The Morgan fingerprint density at radius 1 is 1.00 bits per heavy atom. The summed E-state index contributed by atoms with van der Waals surface area (Å²) in [6.45, 7) is 0. The van der Waals surface area contributed by atoms with Crippen molar-refractivity contribution in [2.24, 2.45) is 0 Å². The standard InChI is InChI=1S/C17H14F3NO/c18-17(19,20)12-14-8-4-5-9-15(14)21-16(22)11-10-13-6-2-1-3-7-13/h1-11H,12H2,(H,21,22)/b11-10+. The van der Waals surface area contributed by atoms with E-state index in [1.807, 2.05) is 30.3 Å². The summed E-state index contributed by atoms with van der Waals surface area (Å²) in [6, 6.07) is 15.0. The van der Waals surface area contributed by atoms with Gasteiger partial charge >= 0.3 is 6.18 Å². The SMILES string of the molecule is O=C(/C=C/c1ccccc1)Nc1ccccc1CC(F)(F)F. The van der Waals surface area contributed by atoms with Gasteiger partial charge in [0.15, 0.2) is 0 Å². The smallest absolute Gasteiger partial charge is 0.322 e. The number of rotatable bonds is 4. The Kier molecular flexibility index (Phi) is 4.99. The van der Waals surface area contributed by atoms with Crippen molar-refractivity contribution in [1.29, 1.82) is 0 Å². The monoisotopic (exact) mass is 305 g/mol. The lowest BCUT2D eigenvalue weighted by atomic mass is 10.1. The minimum absolute atomic E-state index is 0.0384. The second kappa shape index (κ2) is 6.93. The molecule has 2 aromatic carbocycles. The van der Waals surface area contributed by atoms with Crippen molar-refractivity contribution in [3.05, 3.63) is 71.8 Å². The Bertz CT molecular complexity index is 663. The van der Waals surface area contributed by atoms with Crippen molar-refractivity contribution < 1.29 is 18.0 Å². The van der Waals surface area contributed by atoms with Gasteiger partial charge in [-0.15, -0.1) is 0 Å². The molecule has 2 nitrogen and oxygen atoms in total. The molecule has 0 atom stereocenters. The van der Waals surface area contributed by atoms with E-state index in [2.05, 4.69) is 5.32 Å². The second-order valence-corrected chi connectivity index (χ2v) is 4.68. The number of carbonyl (C=O) groups excluding carboxylic acids is 1. The van der Waals surface area contributed by atoms with E-state index in [0.717, 1.165) is 5.56 Å². The van der Waals surface area contributed by atoms with Crippen LogP contribution in [0.15, 0.2) is 60.7 Å². The number of hydrogen-bond donors (Lipinski definition) is 1. The maximum absolute atomic E-state index is 12.5. The highest BCUT2D eigenvalue weighted by molar-refractivity contribution is 6.02. The van der Waals surface area contributed by atoms with Gasteiger partial charge in [0, 0.05) is 11.8 Å². The number of benzene rings is 2. The summed E-state index contributed by atoms with van der Waals surface area (Å²) in [7, 11) is 0. The van der Waals surface area contributed by atoms with Gasteiger partial charge < -0.3 is 5.32 Å². The van der Waals surface area contributed by atoms with Crippen LogP contribution in [0.4, 0.5) is 18.9 Å². The van der Waals surface area contributed by atoms with E-state index >= 15 is 0 Å². The Hall–Kier alpha value is -2.56. The lowest BCUT2D eigenvalue weighted by Crippen LogP contribution is -2.15. The fourth-order valence-electron chi connectivity index (χ4n) is 1.92. The molecule has 1 amide bonds. The zero-order valence-electron chi connectivity index (χ0n) is 11.6. The first-order valence-electron chi connectivity index (χ1n) is 6.63. The number of nitrogens with one attached hydrogen (secondary N) is 1. The number of alkyl halides is 3. The van der Waals surface area contributed by atoms with Crippen LogP contribution in [0.2, 0.25) is 0 Å². The molecular formula is C17H14F3NO. The first-order valence-corrected chi connectivity index (χ1v) is 6.63. The Morgan fingerprint density at radius 2 is 1.64 bits per heavy atom. The van der Waals surface area contributed by atoms with Crippen LogP contribution in [-0.2, 0) is 11.2 Å². The van der Waals surface area contributed by atoms with E-state index < -0.39 is 18.5 Å². The van der Waals surface area contributed by atoms with E-state index in [4.69, 9.17) is 0 Å². The number of para-hydroxylation sites is 1. The molecule has 5 heteroatoms. The van der Waals surface area contributed by atoms with Crippen molar-refractivity contribution in [1.82, 2.24) is 0 Å². The molecule has 0 spiro atoms. The summed E-state index contributed by atoms with van der Waals surface area (Å²) in [4.78, 5) is 11.8. The lowest BCUT2D eigenvalue weighted by molar-refractivity contribution is -0.127. The van der Waals surface area contributed by atoms with Gasteiger partial charge in [-0.2, -0.15) is 13.2 Å². The maximum Gasteiger partial charge on any atom is 0.393 e. The normalized spacial score (nSPS) is 11.6. The summed E-state index contributed by atoms with van der Waals surface area (Å²) in [5, 5.41) is 2.48. The molecular weight excluding hydrogens is 291 g/mol. The number of hydrogen-bond acceptors (Lipinski definition) is 1. The van der Waals surface area contributed by atoms with Crippen LogP contribution in [0.25, 0.3) is 6.08 Å². The Balaban J connectivity index is 2.07. The molecule has 0 unspecified atom stereocenters. The van der Waals surface area contributed by atoms with Crippen molar-refractivity contribution >= 4 is 17.7 Å². The molecule has 22 heavy (non-hydrogen) atoms. The van der Waals surface area contributed by atoms with Gasteiger partial charge in [-0.25, -0.2) is 0 Å². The number of carbonyl (C=O) groups is 1. The van der Waals surface area contributed by atoms with E-state index in [0.29, 0.717) is 0 Å². The molecule has 114 valence electrons. The number of halogens is 3. The third-order valence-electron chi connectivity index (χ3n) is 2.89. The van der Waals surface area contributed by atoms with Gasteiger partial charge in [0.05, 0.1) is 6.42 Å². The summed E-state index contributed by atoms with van der Waals surface area (Å²) in [5.74, 6) is -0.474. The van der Waals surface area contributed by atoms with E-state index in [-0.39, 0.29) is 11.3 Å². The topological polar surface area (TPSA) is 29.1 Å². The number of amides is 1. The summed E-state index contributed by atoms with van der Waals surface area (Å²) in [6.07, 6.45) is -2.51. The van der Waals surface area contributed by atoms with Crippen molar-refractivity contribution in [3.63, 3.8) is 0 Å². The average molecular weight is 305 g/mol. The minimum atomic E-state index is -4.32. The molecule has 0 aliphatic rings. The fourth-order valence-corrected chi connectivity index (χ4v) is 1.92. The van der Waals surface area contributed by atoms with Gasteiger partial charge in [-0.3, -0.25) is 4.79 Å². The molecule has 0 radical (unpaired) electrons. The van der Waals surface area contributed by atoms with Crippen LogP contribution in [0.1, 0.15) is 11.1 Å². The van der Waals surface area contributed by atoms with Crippen LogP contribution in [0.3, 0.4) is 0 Å². The highest BCUT2D eigenvalue weighted by atomic mass is 19.4. The third kappa shape index (κ3) is 5.09. The van der Waals surface area contributed by atoms with Gasteiger partial charge in [0.2, 0.25) is 5.91 Å². The van der Waals surface area contributed by atoms with E-state index in [1.165, 1.54) is 24.3 Å². The van der Waals surface area contributed by atoms with E-state index in [1.54, 1.807) is 12.1 Å². The second-order valence-electron chi connectivity index (χ2n) is 4.68. The highest BCUT2D eigenvalue weighted by Gasteiger charge is 2.28. The van der Waals surface area contributed by atoms with Crippen LogP contribution >= 0.6 is 0 Å². The molecule has 0 aliphatic heterocycles. The minimum Gasteiger partial charge on any atom is -0.322 e. The summed E-state index contributed by atoms with van der Waals surface area (Å²) in [5.41, 5.74) is 1.04. The van der Waals surface area contributed by atoms with Crippen molar-refractivity contribution in [2.75, 3.05) is 5.32 Å². The number of anilines is 1. The largest absolute Gasteiger partial charge is 0.393 e. The zero-order chi connectivity index (χ0) is 16.0. The molecule has 0 saturated carbocycles. The summed E-state index contributed by atoms with van der Waals surface area (Å²) < 4.78 is 37.5. The molecule has 0 saturated heterocycles. The molecule has 2 rings (SSSR count). The van der Waals surface area contributed by atoms with Gasteiger partial charge in [-0.1, -0.05) is 48.5 Å². The lowest BCUT2D eigenvalue weighted by Gasteiger charge is -2.11. The first-order chi connectivity index (χ1) is 10.4. The molecule has 2 aromatic rings. The van der Waals surface area contributed by atoms with Gasteiger partial charge in [0.25, 0.3) is 0 Å². The molecule has 0 fully saturated rings. The Morgan fingerprint density at radius 3 is 2.32 bits per heavy atom. The molecule has 0 heterocycles. The highest BCUT2D eigenvalue weighted by Crippen LogP contribution is 2.26. The van der Waals surface area contributed by atoms with Crippen LogP contribution in [-0.4, -0.2) is 12.1 Å². The van der Waals surface area contributed by atoms with Gasteiger partial charge in [0.1, 0.15) is 0 Å². The fraction of sp³-hybridized carbons (Fsp3) is 0.118. The quantitative estimate of drug-likeness (QED) is 0.831. The predicted molar refractivity (Wildman–Crippen MR) is 80.3 cm³/mol. The van der Waals surface area contributed by atoms with Crippen molar-refractivity contribution in [3.8, 4) is 0 Å². The summed E-state index contributed by atoms with van der Waals surface area (Å²) >= 11 is 0. The third-order valence-corrected chi connectivity index (χ3v) is 2.89. The van der Waals surface area contributed by atoms with E-state index in [9.17, 15) is 18.0 Å².